The van der Waals surface area contributed by atoms with Crippen LogP contribution in [0.4, 0.5) is 4.39 Å². The van der Waals surface area contributed by atoms with Gasteiger partial charge >= 0.3 is 5.97 Å². The van der Waals surface area contributed by atoms with Gasteiger partial charge in [0.1, 0.15) is 5.25 Å². The van der Waals surface area contributed by atoms with E-state index in [0.717, 1.165) is 11.8 Å². The molecular formula is C14H14FN3O4S. The Balaban J connectivity index is 2.06. The molecule has 0 radical (unpaired) electrons. The number of carbonyl (C=O) groups is 2. The number of nitrogens with zero attached hydrogens (tertiary/aromatic N) is 1. The normalized spacial score (nSPS) is 19.1. The number of rotatable bonds is 5. The molecule has 1 aromatic carbocycles. The largest absolute Gasteiger partial charge is 0.494 e. The van der Waals surface area contributed by atoms with Crippen molar-refractivity contribution in [3.05, 3.63) is 36.2 Å². The number of nitrogens with one attached hydrogen (secondary N) is 2. The first-order valence-electron chi connectivity index (χ1n) is 6.46. The zero-order chi connectivity index (χ0) is 17.0. The van der Waals surface area contributed by atoms with Crippen molar-refractivity contribution in [2.75, 3.05) is 7.11 Å². The molecule has 7 nitrogen and oxygen atoms in total. The van der Waals surface area contributed by atoms with E-state index in [1.807, 2.05) is 0 Å². The van der Waals surface area contributed by atoms with E-state index < -0.39 is 22.9 Å². The number of hydrogen-bond acceptors (Lipinski definition) is 6. The van der Waals surface area contributed by atoms with E-state index in [1.54, 1.807) is 6.07 Å². The summed E-state index contributed by atoms with van der Waals surface area (Å²) in [5.74, 6) is -1.97. The summed E-state index contributed by atoms with van der Waals surface area (Å²) in [5, 5.41) is 14.5. The van der Waals surface area contributed by atoms with E-state index in [1.165, 1.54) is 19.2 Å². The maximum atomic E-state index is 13.6. The van der Waals surface area contributed by atoms with Gasteiger partial charge in [0.05, 0.1) is 12.8 Å². The molecular weight excluding hydrogens is 325 g/mol. The first-order chi connectivity index (χ1) is 10.9. The van der Waals surface area contributed by atoms with Crippen LogP contribution in [0.5, 0.6) is 5.75 Å². The van der Waals surface area contributed by atoms with Gasteiger partial charge in [0.25, 0.3) is 0 Å². The van der Waals surface area contributed by atoms with Crippen LogP contribution >= 0.6 is 11.8 Å². The second-order valence-corrected chi connectivity index (χ2v) is 5.75. The molecule has 1 heterocycles. The molecule has 1 aromatic rings. The van der Waals surface area contributed by atoms with Gasteiger partial charge in [-0.25, -0.2) is 4.39 Å². The third-order valence-electron chi connectivity index (χ3n) is 2.94. The SMILES string of the molecule is C=C(N/N=C1\NC(=O)C[C@@H](C(=O)O)S1)c1ccc(OC)c(F)c1. The van der Waals surface area contributed by atoms with Gasteiger partial charge < -0.3 is 15.2 Å². The molecule has 23 heavy (non-hydrogen) atoms. The highest BCUT2D eigenvalue weighted by Crippen LogP contribution is 2.22. The summed E-state index contributed by atoms with van der Waals surface area (Å²) < 4.78 is 18.5. The number of benzene rings is 1. The summed E-state index contributed by atoms with van der Waals surface area (Å²) in [5.41, 5.74) is 3.29. The molecule has 1 amide bonds. The second-order valence-electron chi connectivity index (χ2n) is 4.55. The van der Waals surface area contributed by atoms with Crippen LogP contribution in [0.25, 0.3) is 5.70 Å². The number of carboxylic acids is 1. The van der Waals surface area contributed by atoms with Crippen LogP contribution in [-0.4, -0.2) is 34.5 Å². The zero-order valence-electron chi connectivity index (χ0n) is 12.1. The number of thioether (sulfide) groups is 1. The summed E-state index contributed by atoms with van der Waals surface area (Å²) in [6, 6.07) is 4.26. The van der Waals surface area contributed by atoms with Crippen LogP contribution in [0.2, 0.25) is 0 Å². The molecule has 2 rings (SSSR count). The predicted octanol–water partition coefficient (Wildman–Crippen LogP) is 1.37. The number of carboxylic acid groups (broad SMARTS) is 1. The van der Waals surface area contributed by atoms with Gasteiger partial charge in [0.15, 0.2) is 16.7 Å². The van der Waals surface area contributed by atoms with Crippen LogP contribution in [0, 0.1) is 5.82 Å². The molecule has 0 spiro atoms. The molecule has 0 unspecified atom stereocenters. The molecule has 1 aliphatic heterocycles. The van der Waals surface area contributed by atoms with E-state index in [-0.39, 0.29) is 23.0 Å². The maximum Gasteiger partial charge on any atom is 0.317 e. The first kappa shape index (κ1) is 16.8. The summed E-state index contributed by atoms with van der Waals surface area (Å²) in [4.78, 5) is 22.4. The van der Waals surface area contributed by atoms with Crippen molar-refractivity contribution in [1.29, 1.82) is 0 Å². The molecule has 1 aliphatic rings. The molecule has 1 fully saturated rings. The molecule has 1 saturated heterocycles. The quantitative estimate of drug-likeness (QED) is 0.701. The van der Waals surface area contributed by atoms with E-state index in [0.29, 0.717) is 5.56 Å². The average molecular weight is 339 g/mol. The predicted molar refractivity (Wildman–Crippen MR) is 84.3 cm³/mol. The van der Waals surface area contributed by atoms with Crippen molar-refractivity contribution in [3.63, 3.8) is 0 Å². The monoisotopic (exact) mass is 339 g/mol. The lowest BCUT2D eigenvalue weighted by atomic mass is 10.1. The summed E-state index contributed by atoms with van der Waals surface area (Å²) in [7, 11) is 1.36. The van der Waals surface area contributed by atoms with Crippen LogP contribution in [0.3, 0.4) is 0 Å². The summed E-state index contributed by atoms with van der Waals surface area (Å²) >= 11 is 0.911. The average Bonchev–Trinajstić information content (AvgIpc) is 2.52. The summed E-state index contributed by atoms with van der Waals surface area (Å²) in [6.45, 7) is 3.72. The van der Waals surface area contributed by atoms with Gasteiger partial charge in [0, 0.05) is 12.0 Å². The van der Waals surface area contributed by atoms with Crippen LogP contribution in [0.1, 0.15) is 12.0 Å². The minimum absolute atomic E-state index is 0.104. The topological polar surface area (TPSA) is 100 Å². The third kappa shape index (κ3) is 4.22. The Morgan fingerprint density at radius 1 is 1.61 bits per heavy atom. The lowest BCUT2D eigenvalue weighted by molar-refractivity contribution is -0.138. The number of halogens is 1. The van der Waals surface area contributed by atoms with Gasteiger partial charge in [-0.1, -0.05) is 18.3 Å². The van der Waals surface area contributed by atoms with Crippen LogP contribution in [0.15, 0.2) is 29.9 Å². The molecule has 0 bridgehead atoms. The number of carbonyl (C=O) groups excluding carboxylic acids is 1. The number of aliphatic carboxylic acids is 1. The fourth-order valence-corrected chi connectivity index (χ4v) is 2.65. The van der Waals surface area contributed by atoms with Gasteiger partial charge in [-0.3, -0.25) is 15.0 Å². The highest BCUT2D eigenvalue weighted by Gasteiger charge is 2.30. The molecule has 122 valence electrons. The Bertz CT molecular complexity index is 693. The second kappa shape index (κ2) is 7.14. The third-order valence-corrected chi connectivity index (χ3v) is 4.01. The van der Waals surface area contributed by atoms with E-state index in [9.17, 15) is 14.0 Å². The standard InChI is InChI=1S/C14H14FN3O4S/c1-7(8-3-4-10(22-2)9(15)5-8)17-18-14-16-12(19)6-11(23-14)13(20)21/h3-5,11,17H,1,6H2,2H3,(H,20,21)(H,16,18,19)/t11-/m0/s1. The first-order valence-corrected chi connectivity index (χ1v) is 7.34. The van der Waals surface area contributed by atoms with Crippen molar-refractivity contribution in [1.82, 2.24) is 10.7 Å². The highest BCUT2D eigenvalue weighted by molar-refractivity contribution is 8.15. The molecule has 3 N–H and O–H groups in total. The zero-order valence-corrected chi connectivity index (χ0v) is 12.9. The number of amidine groups is 1. The highest BCUT2D eigenvalue weighted by atomic mass is 32.2. The maximum absolute atomic E-state index is 13.6. The Kier molecular flexibility index (Phi) is 5.22. The van der Waals surface area contributed by atoms with E-state index in [4.69, 9.17) is 9.84 Å². The van der Waals surface area contributed by atoms with Gasteiger partial charge in [-0.2, -0.15) is 0 Å². The Hall–Kier alpha value is -2.55. The van der Waals surface area contributed by atoms with Gasteiger partial charge in [-0.15, -0.1) is 5.10 Å². The lowest BCUT2D eigenvalue weighted by Crippen LogP contribution is -2.40. The summed E-state index contributed by atoms with van der Waals surface area (Å²) in [6.07, 6.45) is -0.121. The molecule has 0 aromatic heterocycles. The minimum atomic E-state index is -1.09. The fraction of sp³-hybridized carbons (Fsp3) is 0.214. The number of methoxy groups -OCH3 is 1. The van der Waals surface area contributed by atoms with Crippen LogP contribution < -0.4 is 15.5 Å². The number of hydrogen-bond donors (Lipinski definition) is 3. The van der Waals surface area contributed by atoms with Crippen molar-refractivity contribution in [3.8, 4) is 5.75 Å². The van der Waals surface area contributed by atoms with Crippen molar-refractivity contribution >= 4 is 34.5 Å². The van der Waals surface area contributed by atoms with Crippen molar-refractivity contribution in [2.24, 2.45) is 5.10 Å². The number of amides is 1. The molecule has 9 heteroatoms. The van der Waals surface area contributed by atoms with Crippen molar-refractivity contribution in [2.45, 2.75) is 11.7 Å². The van der Waals surface area contributed by atoms with Gasteiger partial charge in [0.2, 0.25) is 5.91 Å². The molecule has 0 saturated carbocycles. The van der Waals surface area contributed by atoms with Crippen molar-refractivity contribution < 1.29 is 23.8 Å². The minimum Gasteiger partial charge on any atom is -0.494 e. The Morgan fingerprint density at radius 2 is 2.35 bits per heavy atom. The van der Waals surface area contributed by atoms with E-state index in [2.05, 4.69) is 22.4 Å². The molecule has 1 atom stereocenters. The van der Waals surface area contributed by atoms with E-state index >= 15 is 0 Å². The van der Waals surface area contributed by atoms with Crippen LogP contribution in [-0.2, 0) is 9.59 Å². The van der Waals surface area contributed by atoms with Gasteiger partial charge in [-0.05, 0) is 18.2 Å². The number of hydrazone groups is 1. The number of ether oxygens (including phenoxy) is 1. The fourth-order valence-electron chi connectivity index (χ4n) is 1.77. The smallest absolute Gasteiger partial charge is 0.317 e. The Morgan fingerprint density at radius 3 is 2.96 bits per heavy atom. The lowest BCUT2D eigenvalue weighted by Gasteiger charge is -2.19. The Labute approximate surface area is 135 Å². The molecule has 0 aliphatic carbocycles.